The minimum atomic E-state index is -4.02. The van der Waals surface area contributed by atoms with Crippen LogP contribution in [0, 0.1) is 6.92 Å². The minimum absolute atomic E-state index is 0.00161. The van der Waals surface area contributed by atoms with E-state index in [-0.39, 0.29) is 24.1 Å². The van der Waals surface area contributed by atoms with E-state index in [1.807, 2.05) is 20.8 Å². The fraction of sp³-hybridized carbons (Fsp3) is 0.750. The first-order chi connectivity index (χ1) is 25.2. The molecular weight excluding hydrogens is 688 g/mol. The third kappa shape index (κ3) is 41.1. The molecule has 0 radical (unpaired) electrons. The van der Waals surface area contributed by atoms with Crippen LogP contribution in [0.15, 0.2) is 53.5 Å². The molecule has 0 aliphatic rings. The number of unbranched alkanes of at least 4 members (excludes halogenated alkanes) is 10. The first-order valence-electron chi connectivity index (χ1n) is 18.9. The molecule has 3 N–H and O–H groups in total. The van der Waals surface area contributed by atoms with Crippen molar-refractivity contribution in [2.24, 2.45) is 0 Å². The molecule has 0 saturated carbocycles. The Morgan fingerprint density at radius 3 is 1.54 bits per heavy atom. The molecule has 0 aliphatic carbocycles. The van der Waals surface area contributed by atoms with Crippen LogP contribution in [0.1, 0.15) is 122 Å². The van der Waals surface area contributed by atoms with E-state index in [9.17, 15) is 8.42 Å². The van der Waals surface area contributed by atoms with Crippen molar-refractivity contribution in [3.8, 4) is 0 Å². The van der Waals surface area contributed by atoms with Gasteiger partial charge in [-0.1, -0.05) is 80.5 Å². The molecule has 0 aromatic heterocycles. The highest BCUT2D eigenvalue weighted by Crippen LogP contribution is 2.13. The molecule has 0 spiro atoms. The molecule has 0 saturated heterocycles. The van der Waals surface area contributed by atoms with E-state index < -0.39 is 10.1 Å². The molecule has 52 heavy (non-hydrogen) atoms. The summed E-state index contributed by atoms with van der Waals surface area (Å²) in [5, 5.41) is 15.6. The van der Waals surface area contributed by atoms with Crippen molar-refractivity contribution in [1.29, 1.82) is 0 Å². The highest BCUT2D eigenvalue weighted by Gasteiger charge is 2.08. The maximum absolute atomic E-state index is 10.5. The predicted octanol–water partition coefficient (Wildman–Crippen LogP) is 8.81. The number of aliphatic hydroxyl groups excluding tert-OH is 2. The number of hydrogen-bond acceptors (Lipinski definition) is 10. The van der Waals surface area contributed by atoms with Gasteiger partial charge in [0.05, 0.1) is 11.5 Å². The standard InChI is InChI=1S/C18H36O4.C14H28O3.C7H8O3S.CH4O/c1-4-21-18(22-5-2)15-13-11-9-7-6-8-10-12-14-16-20-17-19-3;1-16-14(17-2)12-10-8-6-4-3-5-7-9-11-13-15;1-6-2-4-7(5-3-6)11(8,9)10;1-2/h10,12,18H,4-9,11,13-17H2,1-3H3;7,9,14-15H,3-6,8,10-13H2,1-2H3;2-5H,1H3,(H,8,9,10);2H,1H3/b12-10-;9-7-;;. The second kappa shape index (κ2) is 43.7. The summed E-state index contributed by atoms with van der Waals surface area (Å²) in [6, 6.07) is 5.99. The second-order valence-corrected chi connectivity index (χ2v) is 13.2. The molecule has 0 unspecified atom stereocenters. The number of benzene rings is 1. The molecule has 0 fully saturated rings. The molecule has 0 bridgehead atoms. The summed E-state index contributed by atoms with van der Waals surface area (Å²) >= 11 is 0. The predicted molar refractivity (Wildman–Crippen MR) is 211 cm³/mol. The van der Waals surface area contributed by atoms with Crippen LogP contribution in [0.3, 0.4) is 0 Å². The Hall–Kier alpha value is -1.71. The largest absolute Gasteiger partial charge is 0.400 e. The normalized spacial score (nSPS) is 11.4. The van der Waals surface area contributed by atoms with Gasteiger partial charge in [0.15, 0.2) is 12.6 Å². The lowest BCUT2D eigenvalue weighted by Crippen LogP contribution is -2.17. The summed E-state index contributed by atoms with van der Waals surface area (Å²) in [5.41, 5.74) is 0.956. The van der Waals surface area contributed by atoms with Crippen molar-refractivity contribution in [3.63, 3.8) is 0 Å². The number of aryl methyl sites for hydroxylation is 1. The van der Waals surface area contributed by atoms with Gasteiger partial charge in [0.25, 0.3) is 10.1 Å². The molecule has 1 aromatic rings. The summed E-state index contributed by atoms with van der Waals surface area (Å²) < 4.78 is 60.9. The van der Waals surface area contributed by atoms with E-state index in [1.54, 1.807) is 33.5 Å². The van der Waals surface area contributed by atoms with Gasteiger partial charge in [-0.3, -0.25) is 4.55 Å². The third-order valence-corrected chi connectivity index (χ3v) is 8.30. The number of methoxy groups -OCH3 is 3. The van der Waals surface area contributed by atoms with Gasteiger partial charge < -0.3 is 38.6 Å². The van der Waals surface area contributed by atoms with Gasteiger partial charge in [-0.2, -0.15) is 8.42 Å². The van der Waals surface area contributed by atoms with Gasteiger partial charge in [-0.15, -0.1) is 0 Å². The number of aliphatic hydroxyl groups is 2. The van der Waals surface area contributed by atoms with E-state index in [2.05, 4.69) is 24.3 Å². The van der Waals surface area contributed by atoms with Crippen LogP contribution in [0.5, 0.6) is 0 Å². The van der Waals surface area contributed by atoms with Crippen LogP contribution in [-0.2, 0) is 38.5 Å². The Morgan fingerprint density at radius 1 is 0.654 bits per heavy atom. The summed E-state index contributed by atoms with van der Waals surface area (Å²) in [4.78, 5) is -0.0666. The molecule has 0 amide bonds. The van der Waals surface area contributed by atoms with Gasteiger partial charge >= 0.3 is 0 Å². The number of rotatable bonds is 30. The lowest BCUT2D eigenvalue weighted by atomic mass is 10.1. The quantitative estimate of drug-likeness (QED) is 0.0299. The molecular formula is C40H76O11S. The van der Waals surface area contributed by atoms with Crippen molar-refractivity contribution in [3.05, 3.63) is 54.1 Å². The van der Waals surface area contributed by atoms with E-state index in [4.69, 9.17) is 43.2 Å². The Balaban J connectivity index is -0.000000708. The topological polar surface area (TPSA) is 150 Å². The summed E-state index contributed by atoms with van der Waals surface area (Å²) in [7, 11) is 2.00. The van der Waals surface area contributed by atoms with E-state index >= 15 is 0 Å². The highest BCUT2D eigenvalue weighted by atomic mass is 32.2. The lowest BCUT2D eigenvalue weighted by Gasteiger charge is -2.16. The second-order valence-electron chi connectivity index (χ2n) is 11.8. The monoisotopic (exact) mass is 765 g/mol. The molecule has 0 aliphatic heterocycles. The minimum Gasteiger partial charge on any atom is -0.400 e. The van der Waals surface area contributed by atoms with Crippen LogP contribution in [-0.4, -0.2) is 97.4 Å². The SMILES string of the molecule is CCOC(CCCCCCC/C=C\CCOCOC)OCC.CO.COC(CCCCCCC/C=C\CCO)OC.Cc1ccc(S(=O)(=O)O)cc1. The smallest absolute Gasteiger partial charge is 0.294 e. The van der Waals surface area contributed by atoms with E-state index in [1.165, 1.54) is 82.8 Å². The zero-order valence-corrected chi connectivity index (χ0v) is 34.5. The van der Waals surface area contributed by atoms with Crippen LogP contribution >= 0.6 is 0 Å². The number of ether oxygens (including phenoxy) is 6. The lowest BCUT2D eigenvalue weighted by molar-refractivity contribution is -0.140. The third-order valence-electron chi connectivity index (χ3n) is 7.43. The summed E-state index contributed by atoms with van der Waals surface area (Å²) in [5.74, 6) is 0. The van der Waals surface area contributed by atoms with Gasteiger partial charge in [0.1, 0.15) is 6.79 Å². The molecule has 11 nitrogen and oxygen atoms in total. The van der Waals surface area contributed by atoms with Crippen LogP contribution in [0.2, 0.25) is 0 Å². The fourth-order valence-corrected chi connectivity index (χ4v) is 5.16. The molecule has 1 rings (SSSR count). The number of allylic oxidation sites excluding steroid dienone is 2. The van der Waals surface area contributed by atoms with E-state index in [0.29, 0.717) is 6.79 Å². The molecule has 308 valence electrons. The van der Waals surface area contributed by atoms with Crippen molar-refractivity contribution in [1.82, 2.24) is 0 Å². The molecule has 1 aromatic carbocycles. The van der Waals surface area contributed by atoms with Crippen molar-refractivity contribution < 1.29 is 51.6 Å². The van der Waals surface area contributed by atoms with Gasteiger partial charge in [-0.05, 0) is 97.1 Å². The first-order valence-corrected chi connectivity index (χ1v) is 20.4. The molecule has 12 heteroatoms. The van der Waals surface area contributed by atoms with Crippen LogP contribution < -0.4 is 0 Å². The Morgan fingerprint density at radius 2 is 1.10 bits per heavy atom. The summed E-state index contributed by atoms with van der Waals surface area (Å²) in [6.45, 7) is 8.73. The summed E-state index contributed by atoms with van der Waals surface area (Å²) in [6.07, 6.45) is 27.3. The maximum atomic E-state index is 10.5. The first kappa shape index (κ1) is 54.6. The highest BCUT2D eigenvalue weighted by molar-refractivity contribution is 7.85. The van der Waals surface area contributed by atoms with Gasteiger partial charge in [0, 0.05) is 48.3 Å². The van der Waals surface area contributed by atoms with E-state index in [0.717, 1.165) is 64.6 Å². The average Bonchev–Trinajstić information content (AvgIpc) is 3.14. The fourth-order valence-electron chi connectivity index (χ4n) is 4.68. The molecule has 0 atom stereocenters. The number of hydrogen-bond donors (Lipinski definition) is 3. The van der Waals surface area contributed by atoms with Crippen LogP contribution in [0.4, 0.5) is 0 Å². The van der Waals surface area contributed by atoms with Crippen molar-refractivity contribution in [2.75, 3.05) is 61.7 Å². The van der Waals surface area contributed by atoms with Crippen LogP contribution in [0.25, 0.3) is 0 Å². The van der Waals surface area contributed by atoms with Crippen molar-refractivity contribution in [2.45, 2.75) is 141 Å². The Labute approximate surface area is 317 Å². The zero-order chi connectivity index (χ0) is 39.6. The zero-order valence-electron chi connectivity index (χ0n) is 33.6. The van der Waals surface area contributed by atoms with Gasteiger partial charge in [0.2, 0.25) is 0 Å². The average molecular weight is 765 g/mol. The molecule has 0 heterocycles. The van der Waals surface area contributed by atoms with Gasteiger partial charge in [-0.25, -0.2) is 0 Å². The maximum Gasteiger partial charge on any atom is 0.294 e. The Kier molecular flexibility index (Phi) is 45.9. The Bertz CT molecular complexity index is 976. The van der Waals surface area contributed by atoms with Crippen molar-refractivity contribution >= 4 is 10.1 Å².